The lowest BCUT2D eigenvalue weighted by Gasteiger charge is -2.19. The van der Waals surface area contributed by atoms with Crippen molar-refractivity contribution < 1.29 is 0 Å². The highest BCUT2D eigenvalue weighted by Gasteiger charge is 2.13. The summed E-state index contributed by atoms with van der Waals surface area (Å²) >= 11 is 0. The lowest BCUT2D eigenvalue weighted by molar-refractivity contribution is 0.591. The maximum absolute atomic E-state index is 4.05. The molecule has 0 radical (unpaired) electrons. The van der Waals surface area contributed by atoms with Crippen LogP contribution >= 0.6 is 0 Å². The minimum absolute atomic E-state index is 0.192. The van der Waals surface area contributed by atoms with Gasteiger partial charge in [0.2, 0.25) is 0 Å². The first-order chi connectivity index (χ1) is 6.57. The van der Waals surface area contributed by atoms with Gasteiger partial charge < -0.3 is 0 Å². The lowest BCUT2D eigenvalue weighted by atomic mass is 9.86. The largest absolute Gasteiger partial charge is 0.159 e. The molecule has 0 aliphatic carbocycles. The first-order valence-electron chi connectivity index (χ1n) is 4.79. The molecule has 2 rings (SSSR count). The van der Waals surface area contributed by atoms with Crippen LogP contribution in [-0.4, -0.2) is 10.2 Å². The standard InChI is InChI=1S/C12H14N2/c1-12(2,3)10-4-5-11-9(8-10)6-7-13-14-11/h4-8H,1-3H3. The smallest absolute Gasteiger partial charge is 0.0929 e. The highest BCUT2D eigenvalue weighted by molar-refractivity contribution is 5.78. The summed E-state index contributed by atoms with van der Waals surface area (Å²) in [6, 6.07) is 8.33. The fourth-order valence-corrected chi connectivity index (χ4v) is 1.45. The van der Waals surface area contributed by atoms with Crippen LogP contribution in [0, 0.1) is 0 Å². The van der Waals surface area contributed by atoms with Crippen LogP contribution < -0.4 is 0 Å². The first-order valence-corrected chi connectivity index (χ1v) is 4.79. The molecule has 2 aromatic rings. The van der Waals surface area contributed by atoms with E-state index in [0.29, 0.717) is 0 Å². The van der Waals surface area contributed by atoms with E-state index in [9.17, 15) is 0 Å². The molecule has 0 spiro atoms. The van der Waals surface area contributed by atoms with E-state index in [1.807, 2.05) is 12.1 Å². The van der Waals surface area contributed by atoms with E-state index in [4.69, 9.17) is 0 Å². The molecule has 0 saturated heterocycles. The Morgan fingerprint density at radius 2 is 1.86 bits per heavy atom. The molecule has 0 aliphatic heterocycles. The van der Waals surface area contributed by atoms with Crippen molar-refractivity contribution in [3.63, 3.8) is 0 Å². The van der Waals surface area contributed by atoms with Crippen LogP contribution in [0.1, 0.15) is 26.3 Å². The van der Waals surface area contributed by atoms with E-state index in [0.717, 1.165) is 10.9 Å². The van der Waals surface area contributed by atoms with Gasteiger partial charge in [-0.05, 0) is 29.2 Å². The van der Waals surface area contributed by atoms with Crippen LogP contribution in [0.4, 0.5) is 0 Å². The van der Waals surface area contributed by atoms with Gasteiger partial charge in [-0.3, -0.25) is 0 Å². The normalized spacial score (nSPS) is 11.9. The number of fused-ring (bicyclic) bond motifs is 1. The number of hydrogen-bond donors (Lipinski definition) is 0. The molecule has 14 heavy (non-hydrogen) atoms. The maximum Gasteiger partial charge on any atom is 0.0929 e. The fourth-order valence-electron chi connectivity index (χ4n) is 1.45. The van der Waals surface area contributed by atoms with Crippen molar-refractivity contribution in [3.8, 4) is 0 Å². The summed E-state index contributed by atoms with van der Waals surface area (Å²) in [6.45, 7) is 6.63. The fraction of sp³-hybridized carbons (Fsp3) is 0.333. The van der Waals surface area contributed by atoms with E-state index >= 15 is 0 Å². The zero-order valence-corrected chi connectivity index (χ0v) is 8.78. The first kappa shape index (κ1) is 9.13. The predicted molar refractivity (Wildman–Crippen MR) is 58.2 cm³/mol. The van der Waals surface area contributed by atoms with Gasteiger partial charge >= 0.3 is 0 Å². The maximum atomic E-state index is 4.05. The quantitative estimate of drug-likeness (QED) is 0.632. The second kappa shape index (κ2) is 3.05. The van der Waals surface area contributed by atoms with Gasteiger partial charge in [-0.1, -0.05) is 26.8 Å². The number of aromatic nitrogens is 2. The topological polar surface area (TPSA) is 25.8 Å². The van der Waals surface area contributed by atoms with Crippen molar-refractivity contribution in [2.24, 2.45) is 0 Å². The Labute approximate surface area is 84.0 Å². The van der Waals surface area contributed by atoms with Crippen molar-refractivity contribution in [1.29, 1.82) is 0 Å². The van der Waals surface area contributed by atoms with Gasteiger partial charge in [-0.25, -0.2) is 0 Å². The summed E-state index contributed by atoms with van der Waals surface area (Å²) in [7, 11) is 0. The zero-order chi connectivity index (χ0) is 10.2. The summed E-state index contributed by atoms with van der Waals surface area (Å²) in [6.07, 6.45) is 1.73. The molecule has 0 saturated carbocycles. The van der Waals surface area contributed by atoms with Crippen LogP contribution in [0.15, 0.2) is 30.5 Å². The van der Waals surface area contributed by atoms with E-state index in [1.54, 1.807) is 6.20 Å². The van der Waals surface area contributed by atoms with Gasteiger partial charge in [0.05, 0.1) is 11.7 Å². The van der Waals surface area contributed by atoms with Crippen molar-refractivity contribution in [1.82, 2.24) is 10.2 Å². The summed E-state index contributed by atoms with van der Waals surface area (Å²) in [5, 5.41) is 9.07. The summed E-state index contributed by atoms with van der Waals surface area (Å²) < 4.78 is 0. The van der Waals surface area contributed by atoms with Crippen LogP contribution in [0.25, 0.3) is 10.9 Å². The van der Waals surface area contributed by atoms with Crippen molar-refractivity contribution in [2.45, 2.75) is 26.2 Å². The average Bonchev–Trinajstić information content (AvgIpc) is 2.16. The molecule has 0 unspecified atom stereocenters. The predicted octanol–water partition coefficient (Wildman–Crippen LogP) is 2.93. The molecule has 1 heterocycles. The molecule has 0 atom stereocenters. The Morgan fingerprint density at radius 1 is 1.07 bits per heavy atom. The second-order valence-corrected chi connectivity index (χ2v) is 4.55. The van der Waals surface area contributed by atoms with E-state index in [2.05, 4.69) is 43.1 Å². The van der Waals surface area contributed by atoms with Gasteiger partial charge in [-0.15, -0.1) is 0 Å². The third kappa shape index (κ3) is 1.60. The average molecular weight is 186 g/mol. The van der Waals surface area contributed by atoms with E-state index in [1.165, 1.54) is 5.56 Å². The summed E-state index contributed by atoms with van der Waals surface area (Å²) in [5.74, 6) is 0. The number of rotatable bonds is 0. The molecule has 72 valence electrons. The van der Waals surface area contributed by atoms with Crippen molar-refractivity contribution >= 4 is 10.9 Å². The third-order valence-corrected chi connectivity index (χ3v) is 2.38. The second-order valence-electron chi connectivity index (χ2n) is 4.55. The molecule has 1 aromatic heterocycles. The van der Waals surface area contributed by atoms with E-state index < -0.39 is 0 Å². The lowest BCUT2D eigenvalue weighted by Crippen LogP contribution is -2.10. The Morgan fingerprint density at radius 3 is 2.57 bits per heavy atom. The van der Waals surface area contributed by atoms with Crippen LogP contribution in [-0.2, 0) is 5.41 Å². The van der Waals surface area contributed by atoms with Crippen molar-refractivity contribution in [3.05, 3.63) is 36.0 Å². The molecule has 0 aliphatic rings. The SMILES string of the molecule is CC(C)(C)c1ccc2nnccc2c1. The Hall–Kier alpha value is -1.44. The van der Waals surface area contributed by atoms with Gasteiger partial charge in [-0.2, -0.15) is 10.2 Å². The zero-order valence-electron chi connectivity index (χ0n) is 8.78. The molecule has 0 amide bonds. The molecule has 0 fully saturated rings. The number of benzene rings is 1. The van der Waals surface area contributed by atoms with Gasteiger partial charge in [0, 0.05) is 5.39 Å². The third-order valence-electron chi connectivity index (χ3n) is 2.38. The minimum atomic E-state index is 0.192. The van der Waals surface area contributed by atoms with Gasteiger partial charge in [0.15, 0.2) is 0 Å². The van der Waals surface area contributed by atoms with Gasteiger partial charge in [0.1, 0.15) is 0 Å². The molecule has 2 heteroatoms. The molecular formula is C12H14N2. The van der Waals surface area contributed by atoms with Crippen molar-refractivity contribution in [2.75, 3.05) is 0 Å². The molecular weight excluding hydrogens is 172 g/mol. The number of nitrogens with zero attached hydrogens (tertiary/aromatic N) is 2. The molecule has 0 bridgehead atoms. The van der Waals surface area contributed by atoms with Gasteiger partial charge in [0.25, 0.3) is 0 Å². The monoisotopic (exact) mass is 186 g/mol. The number of hydrogen-bond acceptors (Lipinski definition) is 2. The Kier molecular flexibility index (Phi) is 1.99. The molecule has 0 N–H and O–H groups in total. The summed E-state index contributed by atoms with van der Waals surface area (Å²) in [4.78, 5) is 0. The van der Waals surface area contributed by atoms with Crippen LogP contribution in [0.5, 0.6) is 0 Å². The Balaban J connectivity index is 2.63. The highest BCUT2D eigenvalue weighted by Crippen LogP contribution is 2.24. The molecule has 2 nitrogen and oxygen atoms in total. The van der Waals surface area contributed by atoms with Crippen LogP contribution in [0.3, 0.4) is 0 Å². The van der Waals surface area contributed by atoms with E-state index in [-0.39, 0.29) is 5.41 Å². The summed E-state index contributed by atoms with van der Waals surface area (Å²) in [5.41, 5.74) is 2.48. The highest BCUT2D eigenvalue weighted by atomic mass is 15.1. The molecule has 1 aromatic carbocycles. The van der Waals surface area contributed by atoms with Crippen LogP contribution in [0.2, 0.25) is 0 Å². The minimum Gasteiger partial charge on any atom is -0.159 e. The Bertz CT molecular complexity index is 455.